The van der Waals surface area contributed by atoms with E-state index < -0.39 is 0 Å². The standard InChI is InChI=1S/C16H22N4O3/c1-11-4-5-13(10-14(11)22-9-3-7-17)16(21)18-8-6-15-19-12(2)23-20-15/h4-5,10H,3,6-9,17H2,1-2H3,(H,18,21). The van der Waals surface area contributed by atoms with Crippen molar-refractivity contribution in [2.75, 3.05) is 19.7 Å². The van der Waals surface area contributed by atoms with Crippen molar-refractivity contribution in [3.63, 3.8) is 0 Å². The fraction of sp³-hybridized carbons (Fsp3) is 0.438. The molecule has 0 saturated carbocycles. The first-order valence-corrected chi connectivity index (χ1v) is 7.61. The highest BCUT2D eigenvalue weighted by molar-refractivity contribution is 5.94. The number of rotatable bonds is 8. The summed E-state index contributed by atoms with van der Waals surface area (Å²) in [4.78, 5) is 16.3. The Morgan fingerprint density at radius 2 is 2.22 bits per heavy atom. The Morgan fingerprint density at radius 1 is 1.39 bits per heavy atom. The molecule has 0 aliphatic carbocycles. The number of carbonyl (C=O) groups is 1. The third-order valence-corrected chi connectivity index (χ3v) is 3.26. The first kappa shape index (κ1) is 17.0. The zero-order valence-electron chi connectivity index (χ0n) is 13.5. The minimum Gasteiger partial charge on any atom is -0.493 e. The number of nitrogens with one attached hydrogen (secondary N) is 1. The Bertz CT molecular complexity index is 655. The molecule has 0 aliphatic rings. The van der Waals surface area contributed by atoms with E-state index >= 15 is 0 Å². The van der Waals surface area contributed by atoms with Crippen molar-refractivity contribution in [1.29, 1.82) is 0 Å². The SMILES string of the molecule is Cc1nc(CCNC(=O)c2ccc(C)c(OCCCN)c2)no1. The fourth-order valence-electron chi connectivity index (χ4n) is 2.00. The van der Waals surface area contributed by atoms with E-state index in [9.17, 15) is 4.79 Å². The van der Waals surface area contributed by atoms with Gasteiger partial charge in [-0.05, 0) is 37.6 Å². The zero-order valence-corrected chi connectivity index (χ0v) is 13.5. The lowest BCUT2D eigenvalue weighted by Gasteiger charge is -2.11. The molecule has 0 atom stereocenters. The minimum absolute atomic E-state index is 0.158. The summed E-state index contributed by atoms with van der Waals surface area (Å²) in [5.74, 6) is 1.65. The minimum atomic E-state index is -0.158. The van der Waals surface area contributed by atoms with Crippen molar-refractivity contribution in [2.24, 2.45) is 5.73 Å². The van der Waals surface area contributed by atoms with Crippen LogP contribution in [0.2, 0.25) is 0 Å². The van der Waals surface area contributed by atoms with Gasteiger partial charge in [-0.1, -0.05) is 11.2 Å². The second kappa shape index (κ2) is 8.28. The van der Waals surface area contributed by atoms with Gasteiger partial charge in [-0.2, -0.15) is 4.98 Å². The van der Waals surface area contributed by atoms with Gasteiger partial charge in [0.1, 0.15) is 5.75 Å². The predicted molar refractivity (Wildman–Crippen MR) is 85.4 cm³/mol. The first-order chi connectivity index (χ1) is 11.1. The van der Waals surface area contributed by atoms with Crippen molar-refractivity contribution < 1.29 is 14.1 Å². The lowest BCUT2D eigenvalue weighted by molar-refractivity contribution is 0.0953. The van der Waals surface area contributed by atoms with Gasteiger partial charge >= 0.3 is 0 Å². The van der Waals surface area contributed by atoms with E-state index in [1.165, 1.54) is 0 Å². The molecule has 3 N–H and O–H groups in total. The highest BCUT2D eigenvalue weighted by atomic mass is 16.5. The van der Waals surface area contributed by atoms with Gasteiger partial charge in [0.25, 0.3) is 5.91 Å². The van der Waals surface area contributed by atoms with Crippen molar-refractivity contribution in [2.45, 2.75) is 26.7 Å². The van der Waals surface area contributed by atoms with Gasteiger partial charge in [-0.25, -0.2) is 0 Å². The number of nitrogens with zero attached hydrogens (tertiary/aromatic N) is 2. The highest BCUT2D eigenvalue weighted by Gasteiger charge is 2.09. The number of carbonyl (C=O) groups excluding carboxylic acids is 1. The third-order valence-electron chi connectivity index (χ3n) is 3.26. The number of nitrogens with two attached hydrogens (primary N) is 1. The second-order valence-electron chi connectivity index (χ2n) is 5.21. The van der Waals surface area contributed by atoms with Crippen LogP contribution in [0.1, 0.15) is 34.1 Å². The van der Waals surface area contributed by atoms with Crippen LogP contribution in [0.5, 0.6) is 5.75 Å². The molecule has 1 heterocycles. The fourth-order valence-corrected chi connectivity index (χ4v) is 2.00. The maximum absolute atomic E-state index is 12.2. The van der Waals surface area contributed by atoms with Crippen LogP contribution in [-0.4, -0.2) is 35.7 Å². The number of amides is 1. The van der Waals surface area contributed by atoms with Gasteiger partial charge in [0.2, 0.25) is 5.89 Å². The van der Waals surface area contributed by atoms with Gasteiger partial charge in [-0.15, -0.1) is 0 Å². The normalized spacial score (nSPS) is 10.6. The Balaban J connectivity index is 1.89. The molecule has 0 unspecified atom stereocenters. The monoisotopic (exact) mass is 318 g/mol. The molecule has 23 heavy (non-hydrogen) atoms. The van der Waals surface area contributed by atoms with E-state index in [1.54, 1.807) is 19.1 Å². The van der Waals surface area contributed by atoms with Gasteiger partial charge in [0.15, 0.2) is 5.82 Å². The van der Waals surface area contributed by atoms with Crippen LogP contribution in [0.4, 0.5) is 0 Å². The van der Waals surface area contributed by atoms with E-state index in [1.807, 2.05) is 13.0 Å². The van der Waals surface area contributed by atoms with Crippen LogP contribution in [0.3, 0.4) is 0 Å². The lowest BCUT2D eigenvalue weighted by Crippen LogP contribution is -2.26. The maximum atomic E-state index is 12.2. The molecule has 1 aromatic carbocycles. The summed E-state index contributed by atoms with van der Waals surface area (Å²) >= 11 is 0. The molecule has 0 bridgehead atoms. The molecular formula is C16H22N4O3. The Labute approximate surface area is 135 Å². The van der Waals surface area contributed by atoms with Crippen LogP contribution in [-0.2, 0) is 6.42 Å². The molecule has 0 saturated heterocycles. The topological polar surface area (TPSA) is 103 Å². The molecule has 1 aromatic heterocycles. The van der Waals surface area contributed by atoms with E-state index in [2.05, 4.69) is 15.5 Å². The van der Waals surface area contributed by atoms with Gasteiger partial charge in [0.05, 0.1) is 6.61 Å². The molecule has 7 heteroatoms. The summed E-state index contributed by atoms with van der Waals surface area (Å²) in [5.41, 5.74) is 7.00. The summed E-state index contributed by atoms with van der Waals surface area (Å²) in [6.07, 6.45) is 1.30. The number of aromatic nitrogens is 2. The van der Waals surface area contributed by atoms with Crippen LogP contribution < -0.4 is 15.8 Å². The summed E-state index contributed by atoms with van der Waals surface area (Å²) in [7, 11) is 0. The van der Waals surface area contributed by atoms with Gasteiger partial charge in [-0.3, -0.25) is 4.79 Å². The van der Waals surface area contributed by atoms with Crippen molar-refractivity contribution >= 4 is 5.91 Å². The molecule has 2 rings (SSSR count). The van der Waals surface area contributed by atoms with Crippen molar-refractivity contribution in [3.05, 3.63) is 41.0 Å². The number of ether oxygens (including phenoxy) is 1. The average molecular weight is 318 g/mol. The van der Waals surface area contributed by atoms with Crippen molar-refractivity contribution in [3.8, 4) is 5.75 Å². The lowest BCUT2D eigenvalue weighted by atomic mass is 10.1. The van der Waals surface area contributed by atoms with Crippen LogP contribution in [0.25, 0.3) is 0 Å². The molecule has 7 nitrogen and oxygen atoms in total. The number of aryl methyl sites for hydroxylation is 2. The van der Waals surface area contributed by atoms with Crippen molar-refractivity contribution in [1.82, 2.24) is 15.5 Å². The van der Waals surface area contributed by atoms with E-state index in [0.717, 1.165) is 12.0 Å². The Morgan fingerprint density at radius 3 is 2.91 bits per heavy atom. The molecule has 124 valence electrons. The summed E-state index contributed by atoms with van der Waals surface area (Å²) < 4.78 is 10.5. The largest absolute Gasteiger partial charge is 0.493 e. The molecular weight excluding hydrogens is 296 g/mol. The summed E-state index contributed by atoms with van der Waals surface area (Å²) in [6, 6.07) is 5.40. The molecule has 2 aromatic rings. The van der Waals surface area contributed by atoms with E-state index in [4.69, 9.17) is 15.0 Å². The van der Waals surface area contributed by atoms with Gasteiger partial charge < -0.3 is 20.3 Å². The van der Waals surface area contributed by atoms with Crippen LogP contribution in [0, 0.1) is 13.8 Å². The van der Waals surface area contributed by atoms with E-state index in [0.29, 0.717) is 49.1 Å². The quantitative estimate of drug-likeness (QED) is 0.713. The summed E-state index contributed by atoms with van der Waals surface area (Å²) in [5, 5.41) is 6.62. The summed E-state index contributed by atoms with van der Waals surface area (Å²) in [6.45, 7) is 5.23. The van der Waals surface area contributed by atoms with Gasteiger partial charge in [0, 0.05) is 25.5 Å². The number of hydrogen-bond donors (Lipinski definition) is 2. The predicted octanol–water partition coefficient (Wildman–Crippen LogP) is 1.39. The smallest absolute Gasteiger partial charge is 0.251 e. The molecule has 0 aliphatic heterocycles. The highest BCUT2D eigenvalue weighted by Crippen LogP contribution is 2.19. The average Bonchev–Trinajstić information content (AvgIpc) is 2.94. The molecule has 0 spiro atoms. The van der Waals surface area contributed by atoms with E-state index in [-0.39, 0.29) is 5.91 Å². The molecule has 0 radical (unpaired) electrons. The van der Waals surface area contributed by atoms with Crippen LogP contribution in [0.15, 0.2) is 22.7 Å². The number of benzene rings is 1. The number of hydrogen-bond acceptors (Lipinski definition) is 6. The maximum Gasteiger partial charge on any atom is 0.251 e. The molecule has 1 amide bonds. The molecule has 0 fully saturated rings. The zero-order chi connectivity index (χ0) is 16.7. The third kappa shape index (κ3) is 5.07. The van der Waals surface area contributed by atoms with Crippen LogP contribution >= 0.6 is 0 Å². The Hall–Kier alpha value is -2.41. The first-order valence-electron chi connectivity index (χ1n) is 7.61. The second-order valence-corrected chi connectivity index (χ2v) is 5.21. The Kier molecular flexibility index (Phi) is 6.10.